The van der Waals surface area contributed by atoms with Crippen LogP contribution in [0.2, 0.25) is 0 Å². The van der Waals surface area contributed by atoms with E-state index in [1.807, 2.05) is 30.7 Å². The summed E-state index contributed by atoms with van der Waals surface area (Å²) in [4.78, 5) is 0. The average molecular weight is 286 g/mol. The molecule has 0 spiro atoms. The number of fused-ring (bicyclic) bond motifs is 1. The summed E-state index contributed by atoms with van der Waals surface area (Å²) < 4.78 is 7.69. The van der Waals surface area contributed by atoms with Crippen LogP contribution < -0.4 is 5.32 Å². The third kappa shape index (κ3) is 3.24. The molecule has 0 amide bonds. The van der Waals surface area contributed by atoms with E-state index in [-0.39, 0.29) is 12.1 Å². The molecule has 0 bridgehead atoms. The maximum absolute atomic E-state index is 5.63. The third-order valence-corrected chi connectivity index (χ3v) is 3.84. The van der Waals surface area contributed by atoms with Crippen LogP contribution in [0, 0.1) is 0 Å². The molecule has 5 nitrogen and oxygen atoms in total. The van der Waals surface area contributed by atoms with E-state index < -0.39 is 0 Å². The highest BCUT2D eigenvalue weighted by molar-refractivity contribution is 5.37. The third-order valence-electron chi connectivity index (χ3n) is 3.84. The fourth-order valence-corrected chi connectivity index (χ4v) is 2.72. The molecule has 0 fully saturated rings. The van der Waals surface area contributed by atoms with E-state index in [0.29, 0.717) is 0 Å². The van der Waals surface area contributed by atoms with Gasteiger partial charge in [0.15, 0.2) is 11.5 Å². The first kappa shape index (κ1) is 14.1. The van der Waals surface area contributed by atoms with Crippen molar-refractivity contribution in [2.24, 2.45) is 0 Å². The molecule has 3 heterocycles. The fourth-order valence-electron chi connectivity index (χ4n) is 2.72. The smallest absolute Gasteiger partial charge is 0.160 e. The van der Waals surface area contributed by atoms with Crippen LogP contribution in [0.3, 0.4) is 0 Å². The van der Waals surface area contributed by atoms with Crippen molar-refractivity contribution in [2.75, 3.05) is 6.54 Å². The molecular weight excluding hydrogens is 264 g/mol. The Kier molecular flexibility index (Phi) is 4.50. The van der Waals surface area contributed by atoms with Crippen LogP contribution in [0.15, 0.2) is 36.7 Å². The molecule has 0 aromatic carbocycles. The lowest BCUT2D eigenvalue weighted by Crippen LogP contribution is -2.33. The highest BCUT2D eigenvalue weighted by atomic mass is 16.5. The summed E-state index contributed by atoms with van der Waals surface area (Å²) in [5.41, 5.74) is 0.896. The van der Waals surface area contributed by atoms with Crippen molar-refractivity contribution < 1.29 is 4.74 Å². The maximum Gasteiger partial charge on any atom is 0.160 e. The van der Waals surface area contributed by atoms with Crippen LogP contribution in [0.5, 0.6) is 0 Å². The van der Waals surface area contributed by atoms with Crippen molar-refractivity contribution in [2.45, 2.75) is 44.8 Å². The lowest BCUT2D eigenvalue weighted by Gasteiger charge is -2.23. The molecule has 0 saturated heterocycles. The molecule has 5 heteroatoms. The van der Waals surface area contributed by atoms with Gasteiger partial charge in [-0.05, 0) is 37.5 Å². The summed E-state index contributed by atoms with van der Waals surface area (Å²) in [5.74, 6) is 0.985. The number of hydrogen-bond donors (Lipinski definition) is 1. The monoisotopic (exact) mass is 286 g/mol. The first-order chi connectivity index (χ1) is 10.4. The summed E-state index contributed by atoms with van der Waals surface area (Å²) in [6, 6.07) is 6.19. The van der Waals surface area contributed by atoms with Crippen molar-refractivity contribution >= 4 is 5.65 Å². The van der Waals surface area contributed by atoms with Gasteiger partial charge in [0.2, 0.25) is 0 Å². The fraction of sp³-hybridized carbons (Fsp3) is 0.500. The number of rotatable bonds is 6. The van der Waals surface area contributed by atoms with Gasteiger partial charge in [-0.1, -0.05) is 19.4 Å². The standard InChI is InChI=1S/C16H22N4O/c1-2-7-14(17-12-13-8-4-6-11-21-13)16-19-18-15-9-3-5-10-20(15)16/h3,5-6,9-11,13-14,17H,2,4,7-8,12H2,1H3/t13-,14+/m0/s1. The van der Waals surface area contributed by atoms with Crippen molar-refractivity contribution in [1.82, 2.24) is 19.9 Å². The summed E-state index contributed by atoms with van der Waals surface area (Å²) in [5, 5.41) is 12.2. The normalized spacial score (nSPS) is 19.6. The Hall–Kier alpha value is -1.88. The molecule has 0 radical (unpaired) electrons. The SMILES string of the molecule is CCC[C@@H](NC[C@@H]1CCC=CO1)c1nnc2ccccn12. The lowest BCUT2D eigenvalue weighted by atomic mass is 10.1. The molecule has 2 atom stereocenters. The second-order valence-corrected chi connectivity index (χ2v) is 5.44. The van der Waals surface area contributed by atoms with Crippen molar-refractivity contribution in [3.8, 4) is 0 Å². The van der Waals surface area contributed by atoms with E-state index in [0.717, 1.165) is 43.7 Å². The largest absolute Gasteiger partial charge is 0.497 e. The van der Waals surface area contributed by atoms with Gasteiger partial charge in [-0.2, -0.15) is 0 Å². The van der Waals surface area contributed by atoms with Gasteiger partial charge >= 0.3 is 0 Å². The van der Waals surface area contributed by atoms with Crippen molar-refractivity contribution in [1.29, 1.82) is 0 Å². The van der Waals surface area contributed by atoms with E-state index in [9.17, 15) is 0 Å². The minimum absolute atomic E-state index is 0.210. The van der Waals surface area contributed by atoms with Gasteiger partial charge < -0.3 is 10.1 Å². The molecule has 2 aromatic heterocycles. The highest BCUT2D eigenvalue weighted by Crippen LogP contribution is 2.19. The predicted octanol–water partition coefficient (Wildman–Crippen LogP) is 2.85. The lowest BCUT2D eigenvalue weighted by molar-refractivity contribution is 0.118. The second-order valence-electron chi connectivity index (χ2n) is 5.44. The zero-order valence-corrected chi connectivity index (χ0v) is 12.4. The van der Waals surface area contributed by atoms with Crippen LogP contribution >= 0.6 is 0 Å². The van der Waals surface area contributed by atoms with Crippen LogP contribution in [-0.2, 0) is 4.74 Å². The Bertz CT molecular complexity index is 607. The molecule has 2 aromatic rings. The van der Waals surface area contributed by atoms with E-state index in [4.69, 9.17) is 4.74 Å². The summed E-state index contributed by atoms with van der Waals surface area (Å²) in [6.07, 6.45) is 10.5. The number of aromatic nitrogens is 3. The topological polar surface area (TPSA) is 51.5 Å². The quantitative estimate of drug-likeness (QED) is 0.887. The zero-order valence-electron chi connectivity index (χ0n) is 12.4. The Balaban J connectivity index is 1.72. The maximum atomic E-state index is 5.63. The number of nitrogens with zero attached hydrogens (tertiary/aromatic N) is 3. The number of hydrogen-bond acceptors (Lipinski definition) is 4. The number of pyridine rings is 1. The van der Waals surface area contributed by atoms with Crippen LogP contribution in [0.25, 0.3) is 5.65 Å². The summed E-state index contributed by atoms with van der Waals surface area (Å²) in [7, 11) is 0. The molecule has 0 unspecified atom stereocenters. The highest BCUT2D eigenvalue weighted by Gasteiger charge is 2.19. The van der Waals surface area contributed by atoms with E-state index >= 15 is 0 Å². The minimum Gasteiger partial charge on any atom is -0.497 e. The van der Waals surface area contributed by atoms with E-state index in [1.165, 1.54) is 0 Å². The molecule has 1 aliphatic heterocycles. The zero-order chi connectivity index (χ0) is 14.5. The van der Waals surface area contributed by atoms with Crippen LogP contribution in [0.4, 0.5) is 0 Å². The molecule has 1 N–H and O–H groups in total. The van der Waals surface area contributed by atoms with E-state index in [2.05, 4.69) is 32.9 Å². The Morgan fingerprint density at radius 2 is 2.38 bits per heavy atom. The first-order valence-electron chi connectivity index (χ1n) is 7.72. The molecule has 0 aliphatic carbocycles. The molecule has 21 heavy (non-hydrogen) atoms. The second kappa shape index (κ2) is 6.72. The van der Waals surface area contributed by atoms with Gasteiger partial charge in [0, 0.05) is 12.7 Å². The molecule has 1 aliphatic rings. The van der Waals surface area contributed by atoms with Gasteiger partial charge in [-0.3, -0.25) is 4.40 Å². The van der Waals surface area contributed by atoms with E-state index in [1.54, 1.807) is 0 Å². The first-order valence-corrected chi connectivity index (χ1v) is 7.72. The number of nitrogens with one attached hydrogen (secondary N) is 1. The molecule has 112 valence electrons. The average Bonchev–Trinajstić information content (AvgIpc) is 2.96. The van der Waals surface area contributed by atoms with Crippen LogP contribution in [-0.4, -0.2) is 27.2 Å². The Morgan fingerprint density at radius 3 is 3.19 bits per heavy atom. The van der Waals surface area contributed by atoms with Gasteiger partial charge in [0.1, 0.15) is 6.10 Å². The summed E-state index contributed by atoms with van der Waals surface area (Å²) in [6.45, 7) is 3.04. The van der Waals surface area contributed by atoms with Crippen molar-refractivity contribution in [3.63, 3.8) is 0 Å². The van der Waals surface area contributed by atoms with Gasteiger partial charge in [0.25, 0.3) is 0 Å². The number of allylic oxidation sites excluding steroid dienone is 1. The predicted molar refractivity (Wildman–Crippen MR) is 81.9 cm³/mol. The minimum atomic E-state index is 0.210. The molecule has 3 rings (SSSR count). The van der Waals surface area contributed by atoms with Crippen molar-refractivity contribution in [3.05, 3.63) is 42.6 Å². The Morgan fingerprint density at radius 1 is 1.43 bits per heavy atom. The van der Waals surface area contributed by atoms with Gasteiger partial charge in [-0.25, -0.2) is 0 Å². The molecule has 0 saturated carbocycles. The van der Waals surface area contributed by atoms with Gasteiger partial charge in [-0.15, -0.1) is 10.2 Å². The van der Waals surface area contributed by atoms with Gasteiger partial charge in [0.05, 0.1) is 12.3 Å². The Labute approximate surface area is 125 Å². The molecular formula is C16H22N4O. The summed E-state index contributed by atoms with van der Waals surface area (Å²) >= 11 is 0. The van der Waals surface area contributed by atoms with Crippen LogP contribution in [0.1, 0.15) is 44.5 Å². The number of ether oxygens (including phenoxy) is 1.